The van der Waals surface area contributed by atoms with E-state index in [-0.39, 0.29) is 18.6 Å². The number of nitrogens with zero attached hydrogens (tertiary/aromatic N) is 1. The minimum atomic E-state index is 0.0477. The van der Waals surface area contributed by atoms with Crippen LogP contribution in [-0.2, 0) is 9.53 Å². The van der Waals surface area contributed by atoms with E-state index in [0.29, 0.717) is 25.6 Å². The van der Waals surface area contributed by atoms with Crippen LogP contribution >= 0.6 is 0 Å². The molecule has 4 heteroatoms. The minimum Gasteiger partial charge on any atom is -0.369 e. The van der Waals surface area contributed by atoms with Crippen LogP contribution in [0.5, 0.6) is 0 Å². The lowest BCUT2D eigenvalue weighted by atomic mass is 10.1. The molecule has 0 aromatic rings. The predicted octanol–water partition coefficient (Wildman–Crippen LogP) is 0.855. The average molecular weight is 216 g/mol. The van der Waals surface area contributed by atoms with Gasteiger partial charge in [-0.1, -0.05) is 6.92 Å². The second-order valence-electron chi connectivity index (χ2n) is 4.13. The van der Waals surface area contributed by atoms with Crippen molar-refractivity contribution in [3.05, 3.63) is 0 Å². The zero-order valence-electron chi connectivity index (χ0n) is 10.3. The molecule has 0 spiro atoms. The molecule has 0 heterocycles. The van der Waals surface area contributed by atoms with E-state index in [1.807, 2.05) is 27.7 Å². The van der Waals surface area contributed by atoms with Crippen molar-refractivity contribution >= 4 is 5.91 Å². The van der Waals surface area contributed by atoms with E-state index in [1.54, 1.807) is 4.90 Å². The van der Waals surface area contributed by atoms with Crippen LogP contribution < -0.4 is 5.73 Å². The van der Waals surface area contributed by atoms with Crippen LogP contribution in [0.25, 0.3) is 0 Å². The van der Waals surface area contributed by atoms with Gasteiger partial charge in [0, 0.05) is 13.1 Å². The molecule has 90 valence electrons. The van der Waals surface area contributed by atoms with E-state index >= 15 is 0 Å². The number of nitrogens with two attached hydrogens (primary N) is 1. The second-order valence-corrected chi connectivity index (χ2v) is 4.13. The van der Waals surface area contributed by atoms with Crippen LogP contribution in [0.2, 0.25) is 0 Å². The average Bonchev–Trinajstić information content (AvgIpc) is 2.21. The van der Waals surface area contributed by atoms with Crippen molar-refractivity contribution in [1.82, 2.24) is 4.90 Å². The maximum atomic E-state index is 11.7. The zero-order chi connectivity index (χ0) is 11.8. The summed E-state index contributed by atoms with van der Waals surface area (Å²) in [6.45, 7) is 10.1. The summed E-state index contributed by atoms with van der Waals surface area (Å²) >= 11 is 0. The van der Waals surface area contributed by atoms with Crippen LogP contribution in [0.15, 0.2) is 0 Å². The lowest BCUT2D eigenvalue weighted by Gasteiger charge is -2.24. The molecule has 4 nitrogen and oxygen atoms in total. The first-order chi connectivity index (χ1) is 7.01. The quantitative estimate of drug-likeness (QED) is 0.686. The second kappa shape index (κ2) is 7.65. The van der Waals surface area contributed by atoms with Crippen molar-refractivity contribution in [2.24, 2.45) is 11.7 Å². The molecular weight excluding hydrogens is 192 g/mol. The number of hydrogen-bond donors (Lipinski definition) is 1. The number of likely N-dealkylation sites (N-methyl/N-ethyl adjacent to an activating group) is 1. The lowest BCUT2D eigenvalue weighted by Crippen LogP contribution is -2.39. The van der Waals surface area contributed by atoms with Crippen LogP contribution in [0.4, 0.5) is 0 Å². The highest BCUT2D eigenvalue weighted by molar-refractivity contribution is 5.77. The fraction of sp³-hybridized carbons (Fsp3) is 0.909. The van der Waals surface area contributed by atoms with Crippen LogP contribution in [0.3, 0.4) is 0 Å². The van der Waals surface area contributed by atoms with Gasteiger partial charge in [0.2, 0.25) is 5.91 Å². The minimum absolute atomic E-state index is 0.0477. The summed E-state index contributed by atoms with van der Waals surface area (Å²) in [7, 11) is 0. The molecule has 0 aliphatic heterocycles. The summed E-state index contributed by atoms with van der Waals surface area (Å²) in [5.74, 6) is 0.388. The van der Waals surface area contributed by atoms with Gasteiger partial charge in [0.15, 0.2) is 0 Å². The molecule has 0 aromatic heterocycles. The van der Waals surface area contributed by atoms with Crippen molar-refractivity contribution < 1.29 is 9.53 Å². The smallest absolute Gasteiger partial charge is 0.248 e. The molecule has 0 aliphatic rings. The highest BCUT2D eigenvalue weighted by Crippen LogP contribution is 2.00. The summed E-state index contributed by atoms with van der Waals surface area (Å²) in [5, 5.41) is 0. The van der Waals surface area contributed by atoms with Gasteiger partial charge in [-0.3, -0.25) is 4.79 Å². The van der Waals surface area contributed by atoms with Crippen LogP contribution in [0.1, 0.15) is 27.7 Å². The molecule has 15 heavy (non-hydrogen) atoms. The van der Waals surface area contributed by atoms with Gasteiger partial charge in [0.25, 0.3) is 0 Å². The molecule has 1 unspecified atom stereocenters. The summed E-state index contributed by atoms with van der Waals surface area (Å²) in [5.41, 5.74) is 5.53. The van der Waals surface area contributed by atoms with E-state index < -0.39 is 0 Å². The monoisotopic (exact) mass is 216 g/mol. The third-order valence-corrected chi connectivity index (χ3v) is 2.21. The Morgan fingerprint density at radius 3 is 2.40 bits per heavy atom. The van der Waals surface area contributed by atoms with Crippen LogP contribution in [0, 0.1) is 5.92 Å². The number of rotatable bonds is 7. The Morgan fingerprint density at radius 2 is 2.00 bits per heavy atom. The van der Waals surface area contributed by atoms with Gasteiger partial charge >= 0.3 is 0 Å². The number of carbonyl (C=O) groups excluding carboxylic acids is 1. The third kappa shape index (κ3) is 6.47. The lowest BCUT2D eigenvalue weighted by molar-refractivity contribution is -0.137. The van der Waals surface area contributed by atoms with E-state index in [0.717, 1.165) is 0 Å². The molecule has 0 aliphatic carbocycles. The SMILES string of the molecule is CCN(CC(C)CN)C(=O)COC(C)C. The molecule has 0 saturated carbocycles. The first-order valence-corrected chi connectivity index (χ1v) is 5.60. The molecule has 0 radical (unpaired) electrons. The van der Waals surface area contributed by atoms with Crippen molar-refractivity contribution in [3.8, 4) is 0 Å². The topological polar surface area (TPSA) is 55.6 Å². The van der Waals surface area contributed by atoms with E-state index in [2.05, 4.69) is 0 Å². The number of ether oxygens (including phenoxy) is 1. The Hall–Kier alpha value is -0.610. The van der Waals surface area contributed by atoms with Crippen molar-refractivity contribution in [3.63, 3.8) is 0 Å². The summed E-state index contributed by atoms with van der Waals surface area (Å²) in [6.07, 6.45) is 0.0968. The highest BCUT2D eigenvalue weighted by atomic mass is 16.5. The van der Waals surface area contributed by atoms with E-state index in [1.165, 1.54) is 0 Å². The molecule has 0 fully saturated rings. The normalized spacial score (nSPS) is 12.9. The maximum Gasteiger partial charge on any atom is 0.248 e. The van der Waals surface area contributed by atoms with Crippen molar-refractivity contribution in [1.29, 1.82) is 0 Å². The van der Waals surface area contributed by atoms with Gasteiger partial charge in [0.05, 0.1) is 6.10 Å². The fourth-order valence-corrected chi connectivity index (χ4v) is 1.19. The van der Waals surface area contributed by atoms with E-state index in [4.69, 9.17) is 10.5 Å². The highest BCUT2D eigenvalue weighted by Gasteiger charge is 2.14. The summed E-state index contributed by atoms with van der Waals surface area (Å²) < 4.78 is 5.28. The predicted molar refractivity (Wildman–Crippen MR) is 61.6 cm³/mol. The van der Waals surface area contributed by atoms with Gasteiger partial charge in [-0.15, -0.1) is 0 Å². The zero-order valence-corrected chi connectivity index (χ0v) is 10.3. The fourth-order valence-electron chi connectivity index (χ4n) is 1.19. The molecular formula is C11H24N2O2. The summed E-state index contributed by atoms with van der Waals surface area (Å²) in [6, 6.07) is 0. The van der Waals surface area contributed by atoms with Gasteiger partial charge in [-0.2, -0.15) is 0 Å². The molecule has 1 atom stereocenters. The molecule has 1 amide bonds. The number of amides is 1. The standard InChI is InChI=1S/C11H24N2O2/c1-5-13(7-10(4)6-12)11(14)8-15-9(2)3/h9-10H,5-8,12H2,1-4H3. The molecule has 0 saturated heterocycles. The van der Waals surface area contributed by atoms with E-state index in [9.17, 15) is 4.79 Å². The van der Waals surface area contributed by atoms with Crippen molar-refractivity contribution in [2.75, 3.05) is 26.2 Å². The number of hydrogen-bond acceptors (Lipinski definition) is 3. The Balaban J connectivity index is 3.99. The van der Waals surface area contributed by atoms with Gasteiger partial charge in [0.1, 0.15) is 6.61 Å². The molecule has 2 N–H and O–H groups in total. The Labute approximate surface area is 92.8 Å². The van der Waals surface area contributed by atoms with Gasteiger partial charge in [-0.05, 0) is 33.2 Å². The van der Waals surface area contributed by atoms with Gasteiger partial charge < -0.3 is 15.4 Å². The Morgan fingerprint density at radius 1 is 1.40 bits per heavy atom. The molecule has 0 bridgehead atoms. The third-order valence-electron chi connectivity index (χ3n) is 2.21. The Bertz CT molecular complexity index is 183. The van der Waals surface area contributed by atoms with Crippen LogP contribution in [-0.4, -0.2) is 43.2 Å². The summed E-state index contributed by atoms with van der Waals surface area (Å²) in [4.78, 5) is 13.5. The van der Waals surface area contributed by atoms with Crippen molar-refractivity contribution in [2.45, 2.75) is 33.8 Å². The molecule has 0 aromatic carbocycles. The number of carbonyl (C=O) groups is 1. The largest absolute Gasteiger partial charge is 0.369 e. The first-order valence-electron chi connectivity index (χ1n) is 5.60. The Kier molecular flexibility index (Phi) is 7.34. The maximum absolute atomic E-state index is 11.7. The van der Waals surface area contributed by atoms with Gasteiger partial charge in [-0.25, -0.2) is 0 Å². The molecule has 0 rings (SSSR count). The first kappa shape index (κ1) is 14.4.